The van der Waals surface area contributed by atoms with E-state index in [1.807, 2.05) is 25.7 Å². The number of carbonyl (C=O) groups excluding carboxylic acids is 1. The fraction of sp³-hybridized carbons (Fsp3) is 0.857. The Bertz CT molecular complexity index is 303. The first-order valence-electron chi connectivity index (χ1n) is 6.99. The van der Waals surface area contributed by atoms with Crippen LogP contribution in [0.1, 0.15) is 52.9 Å². The molecule has 1 rings (SSSR count). The molecule has 1 aliphatic carbocycles. The van der Waals surface area contributed by atoms with Crippen molar-refractivity contribution in [1.82, 2.24) is 10.2 Å². The number of nitrogens with one attached hydrogen (secondary N) is 1. The zero-order valence-electron chi connectivity index (χ0n) is 11.8. The lowest BCUT2D eigenvalue weighted by atomic mass is 9.95. The van der Waals surface area contributed by atoms with Gasteiger partial charge in [0.15, 0.2) is 0 Å². The van der Waals surface area contributed by atoms with Gasteiger partial charge in [-0.15, -0.1) is 0 Å². The van der Waals surface area contributed by atoms with Crippen LogP contribution in [0.3, 0.4) is 0 Å². The first kappa shape index (κ1) is 15.0. The first-order valence-corrected chi connectivity index (χ1v) is 6.99. The maximum absolute atomic E-state index is 12.2. The van der Waals surface area contributed by atoms with Crippen molar-refractivity contribution in [2.75, 3.05) is 6.54 Å². The summed E-state index contributed by atoms with van der Waals surface area (Å²) in [5.41, 5.74) is 0. The number of hydrogen-bond donors (Lipinski definition) is 1. The third-order valence-corrected chi connectivity index (χ3v) is 3.75. The van der Waals surface area contributed by atoms with Gasteiger partial charge in [-0.2, -0.15) is 5.26 Å². The lowest BCUT2D eigenvalue weighted by molar-refractivity contribution is -0.127. The zero-order chi connectivity index (χ0) is 13.5. The number of carbonyl (C=O) groups is 1. The summed E-state index contributed by atoms with van der Waals surface area (Å²) in [6, 6.07) is 2.45. The maximum atomic E-state index is 12.2. The maximum Gasteiger partial charge on any atom is 0.237 e. The van der Waals surface area contributed by atoms with Crippen LogP contribution in [0.25, 0.3) is 0 Å². The molecule has 0 heterocycles. The van der Waals surface area contributed by atoms with E-state index in [1.54, 1.807) is 0 Å². The zero-order valence-corrected chi connectivity index (χ0v) is 11.8. The molecule has 1 saturated carbocycles. The number of rotatable bonds is 5. The Labute approximate surface area is 110 Å². The molecule has 0 bridgehead atoms. The molecule has 0 spiro atoms. The van der Waals surface area contributed by atoms with Gasteiger partial charge >= 0.3 is 0 Å². The van der Waals surface area contributed by atoms with Gasteiger partial charge in [0.05, 0.1) is 18.7 Å². The van der Waals surface area contributed by atoms with Crippen LogP contribution in [0.2, 0.25) is 0 Å². The van der Waals surface area contributed by atoms with E-state index in [2.05, 4.69) is 11.4 Å². The van der Waals surface area contributed by atoms with E-state index in [9.17, 15) is 4.79 Å². The molecule has 0 aliphatic heterocycles. The van der Waals surface area contributed by atoms with Gasteiger partial charge in [-0.1, -0.05) is 19.3 Å². The second-order valence-corrected chi connectivity index (χ2v) is 5.44. The average Bonchev–Trinajstić information content (AvgIpc) is 2.36. The molecular weight excluding hydrogens is 226 g/mol. The number of nitriles is 1. The predicted molar refractivity (Wildman–Crippen MR) is 71.9 cm³/mol. The van der Waals surface area contributed by atoms with Gasteiger partial charge in [0.2, 0.25) is 5.91 Å². The summed E-state index contributed by atoms with van der Waals surface area (Å²) in [4.78, 5) is 14.1. The second-order valence-electron chi connectivity index (χ2n) is 5.44. The van der Waals surface area contributed by atoms with E-state index in [0.29, 0.717) is 12.6 Å². The van der Waals surface area contributed by atoms with Gasteiger partial charge in [0.25, 0.3) is 0 Å². The van der Waals surface area contributed by atoms with Gasteiger partial charge in [-0.3, -0.25) is 9.69 Å². The Balaban J connectivity index is 2.50. The highest BCUT2D eigenvalue weighted by Crippen LogP contribution is 2.17. The Morgan fingerprint density at radius 1 is 1.33 bits per heavy atom. The third kappa shape index (κ3) is 4.30. The standard InChI is InChI=1S/C14H25N3O/c1-11(2)17(10-9-15)12(3)14(18)16-13-7-5-4-6-8-13/h11-13H,4-8,10H2,1-3H3,(H,16,18). The summed E-state index contributed by atoms with van der Waals surface area (Å²) in [5.74, 6) is 0.0610. The van der Waals surface area contributed by atoms with Gasteiger partial charge in [-0.25, -0.2) is 0 Å². The highest BCUT2D eigenvalue weighted by atomic mass is 16.2. The van der Waals surface area contributed by atoms with Gasteiger partial charge < -0.3 is 5.32 Å². The van der Waals surface area contributed by atoms with Crippen LogP contribution >= 0.6 is 0 Å². The highest BCUT2D eigenvalue weighted by molar-refractivity contribution is 5.81. The third-order valence-electron chi connectivity index (χ3n) is 3.75. The molecule has 1 amide bonds. The van der Waals surface area contributed by atoms with Crippen LogP contribution in [0.5, 0.6) is 0 Å². The molecule has 1 N–H and O–H groups in total. The first-order chi connectivity index (χ1) is 8.56. The van der Waals surface area contributed by atoms with Gasteiger partial charge in [-0.05, 0) is 33.6 Å². The fourth-order valence-corrected chi connectivity index (χ4v) is 2.57. The lowest BCUT2D eigenvalue weighted by Crippen LogP contribution is -2.50. The Morgan fingerprint density at radius 3 is 2.44 bits per heavy atom. The van der Waals surface area contributed by atoms with Crippen molar-refractivity contribution in [2.45, 2.75) is 71.0 Å². The molecule has 0 saturated heterocycles. The van der Waals surface area contributed by atoms with Crippen LogP contribution < -0.4 is 5.32 Å². The smallest absolute Gasteiger partial charge is 0.237 e. The van der Waals surface area contributed by atoms with E-state index in [1.165, 1.54) is 19.3 Å². The largest absolute Gasteiger partial charge is 0.352 e. The second kappa shape index (κ2) is 7.38. The predicted octanol–water partition coefficient (Wildman–Crippen LogP) is 2.06. The average molecular weight is 251 g/mol. The van der Waals surface area contributed by atoms with E-state index in [-0.39, 0.29) is 18.0 Å². The number of nitrogens with zero attached hydrogens (tertiary/aromatic N) is 2. The summed E-state index contributed by atoms with van der Waals surface area (Å²) in [6.45, 7) is 6.22. The van der Waals surface area contributed by atoms with Crippen molar-refractivity contribution in [2.24, 2.45) is 0 Å². The van der Waals surface area contributed by atoms with Crippen LogP contribution in [-0.4, -0.2) is 35.5 Å². The van der Waals surface area contributed by atoms with Crippen LogP contribution in [0.15, 0.2) is 0 Å². The van der Waals surface area contributed by atoms with Crippen molar-refractivity contribution in [3.05, 3.63) is 0 Å². The molecule has 4 heteroatoms. The number of amides is 1. The van der Waals surface area contributed by atoms with Crippen molar-refractivity contribution < 1.29 is 4.79 Å². The van der Waals surface area contributed by atoms with Crippen LogP contribution in [0, 0.1) is 11.3 Å². The molecule has 0 aromatic heterocycles. The normalized spacial score (nSPS) is 18.7. The minimum absolute atomic E-state index is 0.0610. The van der Waals surface area contributed by atoms with Crippen molar-refractivity contribution in [1.29, 1.82) is 5.26 Å². The van der Waals surface area contributed by atoms with E-state index < -0.39 is 0 Å². The van der Waals surface area contributed by atoms with Crippen molar-refractivity contribution in [3.8, 4) is 6.07 Å². The summed E-state index contributed by atoms with van der Waals surface area (Å²) >= 11 is 0. The van der Waals surface area contributed by atoms with E-state index >= 15 is 0 Å². The molecule has 4 nitrogen and oxygen atoms in total. The molecule has 0 aromatic carbocycles. The van der Waals surface area contributed by atoms with E-state index in [0.717, 1.165) is 12.8 Å². The molecule has 18 heavy (non-hydrogen) atoms. The molecular formula is C14H25N3O. The molecule has 1 aliphatic rings. The summed E-state index contributed by atoms with van der Waals surface area (Å²) in [6.07, 6.45) is 5.90. The van der Waals surface area contributed by atoms with Gasteiger partial charge in [0, 0.05) is 12.1 Å². The highest BCUT2D eigenvalue weighted by Gasteiger charge is 2.25. The summed E-state index contributed by atoms with van der Waals surface area (Å²) in [5, 5.41) is 11.9. The SMILES string of the molecule is CC(C)N(CC#N)C(C)C(=O)NC1CCCCC1. The minimum Gasteiger partial charge on any atom is -0.352 e. The fourth-order valence-electron chi connectivity index (χ4n) is 2.57. The summed E-state index contributed by atoms with van der Waals surface area (Å²) < 4.78 is 0. The number of hydrogen-bond acceptors (Lipinski definition) is 3. The van der Waals surface area contributed by atoms with Crippen molar-refractivity contribution >= 4 is 5.91 Å². The molecule has 1 fully saturated rings. The molecule has 0 aromatic rings. The van der Waals surface area contributed by atoms with Crippen molar-refractivity contribution in [3.63, 3.8) is 0 Å². The molecule has 1 atom stereocenters. The minimum atomic E-state index is -0.230. The lowest BCUT2D eigenvalue weighted by Gasteiger charge is -2.31. The summed E-state index contributed by atoms with van der Waals surface area (Å²) in [7, 11) is 0. The topological polar surface area (TPSA) is 56.1 Å². The van der Waals surface area contributed by atoms with Crippen LogP contribution in [0.4, 0.5) is 0 Å². The van der Waals surface area contributed by atoms with Crippen LogP contribution in [-0.2, 0) is 4.79 Å². The Kier molecular flexibility index (Phi) is 6.14. The van der Waals surface area contributed by atoms with Gasteiger partial charge in [0.1, 0.15) is 0 Å². The quantitative estimate of drug-likeness (QED) is 0.761. The van der Waals surface area contributed by atoms with E-state index in [4.69, 9.17) is 5.26 Å². The Hall–Kier alpha value is -1.08. The monoisotopic (exact) mass is 251 g/mol. The molecule has 0 radical (unpaired) electrons. The Morgan fingerprint density at radius 2 is 1.94 bits per heavy atom. The molecule has 1 unspecified atom stereocenters. The molecule has 102 valence electrons.